The minimum atomic E-state index is -0.601. The van der Waals surface area contributed by atoms with E-state index in [2.05, 4.69) is 5.32 Å². The third kappa shape index (κ3) is 4.20. The van der Waals surface area contributed by atoms with Gasteiger partial charge in [-0.2, -0.15) is 0 Å². The maximum Gasteiger partial charge on any atom is 0.343 e. The molecular formula is C24H20ClNO5. The van der Waals surface area contributed by atoms with Gasteiger partial charge in [-0.1, -0.05) is 17.7 Å². The number of amides is 1. The first kappa shape index (κ1) is 20.8. The Morgan fingerprint density at radius 3 is 2.52 bits per heavy atom. The fraction of sp³-hybridized carbons (Fsp3) is 0.167. The molecule has 2 heterocycles. The quantitative estimate of drug-likeness (QED) is 0.458. The lowest BCUT2D eigenvalue weighted by Crippen LogP contribution is -2.25. The van der Waals surface area contributed by atoms with E-state index in [0.29, 0.717) is 40.5 Å². The second-order valence-electron chi connectivity index (χ2n) is 7.31. The van der Waals surface area contributed by atoms with Crippen LogP contribution >= 0.6 is 11.6 Å². The average molecular weight is 438 g/mol. The first-order chi connectivity index (χ1) is 14.8. The molecule has 1 amide bonds. The lowest BCUT2D eigenvalue weighted by Gasteiger charge is -2.05. The predicted octanol–water partition coefficient (Wildman–Crippen LogP) is 5.00. The van der Waals surface area contributed by atoms with Crippen LogP contribution in [0.2, 0.25) is 5.02 Å². The monoisotopic (exact) mass is 437 g/mol. The number of hydrogen-bond acceptors (Lipinski definition) is 5. The molecule has 6 nitrogen and oxygen atoms in total. The zero-order valence-electron chi connectivity index (χ0n) is 17.0. The summed E-state index contributed by atoms with van der Waals surface area (Å²) in [5.74, 6) is 0.325. The van der Waals surface area contributed by atoms with Crippen LogP contribution < -0.4 is 10.9 Å². The molecule has 158 valence electrons. The Kier molecular flexibility index (Phi) is 5.57. The van der Waals surface area contributed by atoms with E-state index in [-0.39, 0.29) is 23.0 Å². The molecule has 0 fully saturated rings. The van der Waals surface area contributed by atoms with Crippen molar-refractivity contribution in [1.82, 2.24) is 5.32 Å². The van der Waals surface area contributed by atoms with E-state index in [1.807, 2.05) is 18.2 Å². The number of hydrogen-bond donors (Lipinski definition) is 2. The number of furan rings is 1. The molecule has 7 heteroatoms. The normalized spacial score (nSPS) is 11.1. The van der Waals surface area contributed by atoms with Gasteiger partial charge < -0.3 is 19.3 Å². The van der Waals surface area contributed by atoms with Crippen LogP contribution in [0.4, 0.5) is 0 Å². The standard InChI is InChI=1S/C24H20ClNO5/c1-13-21(27)14(2)24(29)31-22(13)20-12-17-11-15(3-8-19(17)30-20)9-10-26-23(28)16-4-6-18(25)7-5-16/h3-8,11-12,27H,9-10H2,1-2H3,(H,26,28). The molecule has 0 aliphatic rings. The predicted molar refractivity (Wildman–Crippen MR) is 119 cm³/mol. The smallest absolute Gasteiger partial charge is 0.343 e. The van der Waals surface area contributed by atoms with Gasteiger partial charge in [0.05, 0.1) is 5.56 Å². The Morgan fingerprint density at radius 1 is 1.03 bits per heavy atom. The van der Waals surface area contributed by atoms with Crippen molar-refractivity contribution in [3.63, 3.8) is 0 Å². The maximum atomic E-state index is 12.2. The Hall–Kier alpha value is -3.51. The van der Waals surface area contributed by atoms with Gasteiger partial charge >= 0.3 is 5.63 Å². The van der Waals surface area contributed by atoms with Crippen LogP contribution in [0.15, 0.2) is 62.2 Å². The minimum Gasteiger partial charge on any atom is -0.507 e. The van der Waals surface area contributed by atoms with Crippen molar-refractivity contribution in [2.45, 2.75) is 20.3 Å². The summed E-state index contributed by atoms with van der Waals surface area (Å²) in [4.78, 5) is 24.1. The number of benzene rings is 2. The fourth-order valence-corrected chi connectivity index (χ4v) is 3.48. The highest BCUT2D eigenvalue weighted by Gasteiger charge is 2.18. The third-order valence-electron chi connectivity index (χ3n) is 5.16. The molecule has 4 rings (SSSR count). The Bertz CT molecular complexity index is 1330. The largest absolute Gasteiger partial charge is 0.507 e. The summed E-state index contributed by atoms with van der Waals surface area (Å²) >= 11 is 5.85. The molecule has 0 radical (unpaired) electrons. The van der Waals surface area contributed by atoms with Gasteiger partial charge in [0.25, 0.3) is 5.91 Å². The van der Waals surface area contributed by atoms with Crippen LogP contribution in [0.1, 0.15) is 27.0 Å². The molecule has 0 unspecified atom stereocenters. The van der Waals surface area contributed by atoms with Crippen molar-refractivity contribution in [3.05, 3.63) is 86.2 Å². The van der Waals surface area contributed by atoms with Crippen molar-refractivity contribution < 1.29 is 18.7 Å². The number of fused-ring (bicyclic) bond motifs is 1. The van der Waals surface area contributed by atoms with Crippen LogP contribution in [0.25, 0.3) is 22.5 Å². The van der Waals surface area contributed by atoms with Gasteiger partial charge in [-0.3, -0.25) is 4.79 Å². The van der Waals surface area contributed by atoms with Crippen molar-refractivity contribution in [1.29, 1.82) is 0 Å². The lowest BCUT2D eigenvalue weighted by atomic mass is 10.1. The summed E-state index contributed by atoms with van der Waals surface area (Å²) in [6.45, 7) is 3.65. The van der Waals surface area contributed by atoms with E-state index in [0.717, 1.165) is 10.9 Å². The molecule has 2 aromatic carbocycles. The molecule has 0 aliphatic heterocycles. The SMILES string of the molecule is Cc1c(-c2cc3cc(CCNC(=O)c4ccc(Cl)cc4)ccc3o2)oc(=O)c(C)c1O. The van der Waals surface area contributed by atoms with Gasteiger partial charge in [0, 0.05) is 28.1 Å². The molecule has 0 spiro atoms. The Morgan fingerprint density at radius 2 is 1.77 bits per heavy atom. The van der Waals surface area contributed by atoms with E-state index in [1.54, 1.807) is 37.3 Å². The van der Waals surface area contributed by atoms with Gasteiger partial charge in [-0.05, 0) is 68.3 Å². The number of carbonyl (C=O) groups is 1. The molecular weight excluding hydrogens is 418 g/mol. The summed E-state index contributed by atoms with van der Waals surface area (Å²) in [5, 5.41) is 14.4. The van der Waals surface area contributed by atoms with Gasteiger partial charge in [0.15, 0.2) is 11.5 Å². The zero-order chi connectivity index (χ0) is 22.1. The van der Waals surface area contributed by atoms with Crippen LogP contribution in [0.3, 0.4) is 0 Å². The number of aromatic hydroxyl groups is 1. The van der Waals surface area contributed by atoms with E-state index in [4.69, 9.17) is 20.4 Å². The number of halogens is 1. The first-order valence-electron chi connectivity index (χ1n) is 9.73. The summed E-state index contributed by atoms with van der Waals surface area (Å²) in [6.07, 6.45) is 0.634. The van der Waals surface area contributed by atoms with Crippen molar-refractivity contribution in [3.8, 4) is 17.3 Å². The molecule has 31 heavy (non-hydrogen) atoms. The van der Waals surface area contributed by atoms with Crippen molar-refractivity contribution in [2.24, 2.45) is 0 Å². The van der Waals surface area contributed by atoms with Crippen molar-refractivity contribution in [2.75, 3.05) is 6.54 Å². The molecule has 0 atom stereocenters. The molecule has 0 aliphatic carbocycles. The third-order valence-corrected chi connectivity index (χ3v) is 5.41. The van der Waals surface area contributed by atoms with Crippen LogP contribution in [0.5, 0.6) is 5.75 Å². The molecule has 0 saturated carbocycles. The van der Waals surface area contributed by atoms with Crippen LogP contribution in [0, 0.1) is 13.8 Å². The molecule has 0 saturated heterocycles. The van der Waals surface area contributed by atoms with Gasteiger partial charge in [0.2, 0.25) is 0 Å². The summed E-state index contributed by atoms with van der Waals surface area (Å²) in [6, 6.07) is 14.2. The van der Waals surface area contributed by atoms with Gasteiger partial charge in [-0.25, -0.2) is 4.79 Å². The average Bonchev–Trinajstić information content (AvgIpc) is 3.18. The minimum absolute atomic E-state index is 0.0937. The topological polar surface area (TPSA) is 92.7 Å². The second-order valence-corrected chi connectivity index (χ2v) is 7.75. The summed E-state index contributed by atoms with van der Waals surface area (Å²) in [7, 11) is 0. The van der Waals surface area contributed by atoms with E-state index in [1.165, 1.54) is 6.92 Å². The second kappa shape index (κ2) is 8.32. The zero-order valence-corrected chi connectivity index (χ0v) is 17.7. The first-order valence-corrected chi connectivity index (χ1v) is 10.1. The summed E-state index contributed by atoms with van der Waals surface area (Å²) in [5.41, 5.74) is 2.21. The highest BCUT2D eigenvalue weighted by Crippen LogP contribution is 2.33. The number of rotatable bonds is 5. The molecule has 2 aromatic heterocycles. The van der Waals surface area contributed by atoms with Crippen LogP contribution in [-0.4, -0.2) is 17.6 Å². The maximum absolute atomic E-state index is 12.2. The fourth-order valence-electron chi connectivity index (χ4n) is 3.35. The Labute approximate surface area is 183 Å². The summed E-state index contributed by atoms with van der Waals surface area (Å²) < 4.78 is 11.2. The Balaban J connectivity index is 1.50. The van der Waals surface area contributed by atoms with Gasteiger partial charge in [-0.15, -0.1) is 0 Å². The number of carbonyl (C=O) groups excluding carboxylic acids is 1. The highest BCUT2D eigenvalue weighted by atomic mass is 35.5. The molecule has 0 bridgehead atoms. The molecule has 4 aromatic rings. The van der Waals surface area contributed by atoms with E-state index in [9.17, 15) is 14.7 Å². The highest BCUT2D eigenvalue weighted by molar-refractivity contribution is 6.30. The lowest BCUT2D eigenvalue weighted by molar-refractivity contribution is 0.0954. The van der Waals surface area contributed by atoms with Crippen LogP contribution in [-0.2, 0) is 6.42 Å². The number of nitrogens with one attached hydrogen (secondary N) is 1. The van der Waals surface area contributed by atoms with Gasteiger partial charge in [0.1, 0.15) is 11.3 Å². The van der Waals surface area contributed by atoms with Crippen molar-refractivity contribution >= 4 is 28.5 Å². The van der Waals surface area contributed by atoms with E-state index < -0.39 is 5.63 Å². The molecule has 2 N–H and O–H groups in total. The van der Waals surface area contributed by atoms with E-state index >= 15 is 0 Å².